The Morgan fingerprint density at radius 2 is 1.08 bits per heavy atom. The number of aliphatic hydroxyl groups is 8. The Labute approximate surface area is 384 Å². The summed E-state index contributed by atoms with van der Waals surface area (Å²) in [5.74, 6) is -0.253. The van der Waals surface area contributed by atoms with E-state index < -0.39 is 86.8 Å². The lowest BCUT2D eigenvalue weighted by molar-refractivity contribution is -0.359. The Hall–Kier alpha value is -2.31. The fraction of sp³-hybridized carbons (Fsp3) is 0.780. The summed E-state index contributed by atoms with van der Waals surface area (Å²) in [6, 6.07) is -0.915. The minimum absolute atomic E-state index is 0.253. The van der Waals surface area contributed by atoms with Gasteiger partial charge in [-0.1, -0.05) is 152 Å². The zero-order valence-electron chi connectivity index (χ0n) is 39.0. The fourth-order valence-corrected chi connectivity index (χ4v) is 7.69. The van der Waals surface area contributed by atoms with E-state index in [1.165, 1.54) is 44.9 Å². The first-order chi connectivity index (χ1) is 31.1. The van der Waals surface area contributed by atoms with Gasteiger partial charge in [-0.05, 0) is 57.8 Å². The minimum atomic E-state index is -1.79. The third kappa shape index (κ3) is 23.9. The summed E-state index contributed by atoms with van der Waals surface area (Å²) in [6.07, 6.45) is 27.2. The van der Waals surface area contributed by atoms with Crippen molar-refractivity contribution in [1.29, 1.82) is 0 Å². The van der Waals surface area contributed by atoms with E-state index in [0.29, 0.717) is 6.42 Å². The lowest BCUT2D eigenvalue weighted by Gasteiger charge is -2.46. The molecule has 9 N–H and O–H groups in total. The number of ether oxygens (including phenoxy) is 4. The maximum absolute atomic E-state index is 13.1. The molecule has 1 amide bonds. The van der Waals surface area contributed by atoms with Gasteiger partial charge in [0.2, 0.25) is 5.91 Å². The van der Waals surface area contributed by atoms with E-state index in [1.54, 1.807) is 6.08 Å². The van der Waals surface area contributed by atoms with E-state index in [2.05, 4.69) is 67.8 Å². The summed E-state index contributed by atoms with van der Waals surface area (Å²) in [6.45, 7) is 2.58. The topological polar surface area (TPSA) is 228 Å². The molecule has 64 heavy (non-hydrogen) atoms. The first-order valence-electron chi connectivity index (χ1n) is 24.5. The van der Waals surface area contributed by atoms with Gasteiger partial charge in [-0.25, -0.2) is 0 Å². The number of hydrogen-bond acceptors (Lipinski definition) is 13. The van der Waals surface area contributed by atoms with Gasteiger partial charge in [-0.3, -0.25) is 4.79 Å². The molecule has 0 radical (unpaired) electrons. The number of nitrogens with one attached hydrogen (secondary N) is 1. The molecule has 2 saturated heterocycles. The van der Waals surface area contributed by atoms with Crippen molar-refractivity contribution in [2.24, 2.45) is 0 Å². The van der Waals surface area contributed by atoms with Crippen molar-refractivity contribution in [3.05, 3.63) is 60.8 Å². The molecule has 12 atom stereocenters. The van der Waals surface area contributed by atoms with Crippen LogP contribution in [-0.2, 0) is 23.7 Å². The van der Waals surface area contributed by atoms with Crippen LogP contribution in [0.25, 0.3) is 0 Å². The molecule has 0 saturated carbocycles. The summed E-state index contributed by atoms with van der Waals surface area (Å²) in [5, 5.41) is 86.3. The van der Waals surface area contributed by atoms with Crippen LogP contribution in [0, 0.1) is 0 Å². The van der Waals surface area contributed by atoms with Crippen LogP contribution in [0.15, 0.2) is 60.8 Å². The van der Waals surface area contributed by atoms with Crippen LogP contribution < -0.4 is 5.32 Å². The van der Waals surface area contributed by atoms with Crippen LogP contribution >= 0.6 is 0 Å². The Morgan fingerprint density at radius 1 is 0.578 bits per heavy atom. The van der Waals surface area contributed by atoms with Crippen molar-refractivity contribution < 1.29 is 64.6 Å². The molecule has 2 rings (SSSR count). The summed E-state index contributed by atoms with van der Waals surface area (Å²) in [5.41, 5.74) is 0. The molecule has 12 unspecified atom stereocenters. The second-order valence-electron chi connectivity index (χ2n) is 17.2. The minimum Gasteiger partial charge on any atom is -0.394 e. The highest BCUT2D eigenvalue weighted by molar-refractivity contribution is 5.76. The lowest BCUT2D eigenvalue weighted by atomic mass is 9.97. The largest absolute Gasteiger partial charge is 0.394 e. The number of rotatable bonds is 36. The first-order valence-corrected chi connectivity index (χ1v) is 24.5. The molecule has 0 aliphatic carbocycles. The zero-order valence-corrected chi connectivity index (χ0v) is 39.0. The van der Waals surface area contributed by atoms with Gasteiger partial charge in [0.05, 0.1) is 32.0 Å². The van der Waals surface area contributed by atoms with Crippen LogP contribution in [0.4, 0.5) is 0 Å². The number of aliphatic hydroxyl groups excluding tert-OH is 8. The molecule has 0 aromatic carbocycles. The quantitative estimate of drug-likeness (QED) is 0.0265. The van der Waals surface area contributed by atoms with Gasteiger partial charge in [0.1, 0.15) is 48.8 Å². The molecule has 14 nitrogen and oxygen atoms in total. The molecule has 2 aliphatic rings. The second kappa shape index (κ2) is 36.8. The summed E-state index contributed by atoms with van der Waals surface area (Å²) < 4.78 is 22.6. The van der Waals surface area contributed by atoms with E-state index in [-0.39, 0.29) is 18.9 Å². The van der Waals surface area contributed by atoms with Crippen molar-refractivity contribution in [2.75, 3.05) is 19.8 Å². The number of hydrogen-bond donors (Lipinski definition) is 9. The number of carbonyl (C=O) groups is 1. The molecular formula is C50H87NO13. The third-order valence-corrected chi connectivity index (χ3v) is 11.7. The highest BCUT2D eigenvalue weighted by atomic mass is 16.7. The summed E-state index contributed by atoms with van der Waals surface area (Å²) >= 11 is 0. The van der Waals surface area contributed by atoms with Gasteiger partial charge in [-0.2, -0.15) is 0 Å². The van der Waals surface area contributed by atoms with Gasteiger partial charge in [0.15, 0.2) is 12.6 Å². The standard InChI is InChI=1S/C50H87NO13/c1-3-5-7-9-11-12-13-14-15-16-17-18-19-20-21-22-23-24-25-26-28-30-32-34-42(55)51-38(39(54)33-31-29-27-10-8-6-4-2)37-61-49-47(60)45(58)48(41(36-53)63-49)64-50-46(59)44(57)43(56)40(35-52)62-50/h5,7,11-12,14-15,17-18,31,33,38-41,43-50,52-54,56-60H,3-4,6,8-10,13,16,19-30,32,34-37H2,1-2H3,(H,51,55)/b7-5-,12-11-,15-14-,18-17-,33-31+. The maximum atomic E-state index is 13.1. The number of carbonyl (C=O) groups excluding carboxylic acids is 1. The van der Waals surface area contributed by atoms with E-state index in [0.717, 1.165) is 83.5 Å². The number of amides is 1. The fourth-order valence-electron chi connectivity index (χ4n) is 7.69. The van der Waals surface area contributed by atoms with Gasteiger partial charge < -0.3 is 65.1 Å². The molecule has 2 fully saturated rings. The molecule has 0 spiro atoms. The molecule has 2 aliphatic heterocycles. The van der Waals surface area contributed by atoms with E-state index in [9.17, 15) is 45.6 Å². The van der Waals surface area contributed by atoms with Crippen LogP contribution in [0.2, 0.25) is 0 Å². The lowest BCUT2D eigenvalue weighted by Crippen LogP contribution is -2.65. The van der Waals surface area contributed by atoms with Gasteiger partial charge in [0.25, 0.3) is 0 Å². The second-order valence-corrected chi connectivity index (χ2v) is 17.2. The first kappa shape index (κ1) is 57.8. The van der Waals surface area contributed by atoms with Crippen molar-refractivity contribution in [3.8, 4) is 0 Å². The van der Waals surface area contributed by atoms with Crippen molar-refractivity contribution in [2.45, 2.75) is 229 Å². The van der Waals surface area contributed by atoms with Crippen LogP contribution in [0.3, 0.4) is 0 Å². The normalized spacial score (nSPS) is 27.8. The van der Waals surface area contributed by atoms with Crippen molar-refractivity contribution in [3.63, 3.8) is 0 Å². The van der Waals surface area contributed by atoms with Crippen LogP contribution in [0.1, 0.15) is 155 Å². The summed E-state index contributed by atoms with van der Waals surface area (Å²) in [4.78, 5) is 13.1. The zero-order chi connectivity index (χ0) is 46.8. The molecule has 0 aromatic heterocycles. The molecule has 370 valence electrons. The number of allylic oxidation sites excluding steroid dienone is 9. The summed E-state index contributed by atoms with van der Waals surface area (Å²) in [7, 11) is 0. The van der Waals surface area contributed by atoms with Crippen molar-refractivity contribution in [1.82, 2.24) is 5.32 Å². The van der Waals surface area contributed by atoms with Gasteiger partial charge in [-0.15, -0.1) is 0 Å². The third-order valence-electron chi connectivity index (χ3n) is 11.7. The maximum Gasteiger partial charge on any atom is 0.220 e. The van der Waals surface area contributed by atoms with Crippen molar-refractivity contribution >= 4 is 5.91 Å². The van der Waals surface area contributed by atoms with E-state index in [4.69, 9.17) is 18.9 Å². The highest BCUT2D eigenvalue weighted by Gasteiger charge is 2.51. The van der Waals surface area contributed by atoms with Gasteiger partial charge >= 0.3 is 0 Å². The molecule has 0 bridgehead atoms. The monoisotopic (exact) mass is 910 g/mol. The van der Waals surface area contributed by atoms with E-state index in [1.807, 2.05) is 6.08 Å². The molecule has 0 aromatic rings. The average molecular weight is 910 g/mol. The Kier molecular flexibility index (Phi) is 33.2. The Bertz CT molecular complexity index is 1310. The van der Waals surface area contributed by atoms with Crippen LogP contribution in [0.5, 0.6) is 0 Å². The smallest absolute Gasteiger partial charge is 0.220 e. The number of unbranched alkanes of at least 4 members (excludes halogenated alkanes) is 15. The highest BCUT2D eigenvalue weighted by Crippen LogP contribution is 2.30. The molecule has 2 heterocycles. The SMILES string of the molecule is CC/C=C\C/C=C\C/C=C\C/C=C\CCCCCCCCCCCCC(=O)NC(COC1OC(CO)C(OC2OC(CO)C(O)C(O)C2O)C(O)C1O)C(O)/C=C/CCCCCCC. The molecular weight excluding hydrogens is 823 g/mol. The Balaban J connectivity index is 1.74. The van der Waals surface area contributed by atoms with Gasteiger partial charge in [0, 0.05) is 6.42 Å². The van der Waals surface area contributed by atoms with Crippen LogP contribution in [-0.4, -0.2) is 140 Å². The molecule has 14 heteroatoms. The van der Waals surface area contributed by atoms with E-state index >= 15 is 0 Å². The average Bonchev–Trinajstić information content (AvgIpc) is 3.29. The predicted octanol–water partition coefficient (Wildman–Crippen LogP) is 5.88. The Morgan fingerprint density at radius 3 is 1.66 bits per heavy atom. The predicted molar refractivity (Wildman–Crippen MR) is 249 cm³/mol.